The van der Waals surface area contributed by atoms with Crippen molar-refractivity contribution in [3.8, 4) is 0 Å². The molecule has 37 heavy (non-hydrogen) atoms. The minimum Gasteiger partial charge on any atom is -0.478 e. The molecule has 196 valence electrons. The molecule has 2 heterocycles. The molecule has 0 saturated carbocycles. The van der Waals surface area contributed by atoms with Gasteiger partial charge in [-0.05, 0) is 30.7 Å². The molecule has 0 aliphatic carbocycles. The number of H-pyrrole nitrogens is 1. The topological polar surface area (TPSA) is 175 Å². The molecule has 0 saturated heterocycles. The molecule has 2 atom stereocenters. The number of sulfonamides is 1. The summed E-state index contributed by atoms with van der Waals surface area (Å²) in [6, 6.07) is 11.6. The van der Waals surface area contributed by atoms with Gasteiger partial charge in [0.25, 0.3) is 5.91 Å². The summed E-state index contributed by atoms with van der Waals surface area (Å²) in [6.45, 7) is 0.578. The highest BCUT2D eigenvalue weighted by Crippen LogP contribution is 2.25. The smallest absolute Gasteiger partial charge is 0.345 e. The molecule has 1 aliphatic rings. The van der Waals surface area contributed by atoms with E-state index in [1.165, 1.54) is 12.3 Å². The first-order valence-electron chi connectivity index (χ1n) is 11.8. The zero-order chi connectivity index (χ0) is 26.3. The number of carbonyl (C=O) groups excluding carboxylic acids is 1. The van der Waals surface area contributed by atoms with Crippen molar-refractivity contribution >= 4 is 44.8 Å². The molecule has 0 radical (unpaired) electrons. The van der Waals surface area contributed by atoms with Gasteiger partial charge in [0, 0.05) is 37.0 Å². The number of oxime groups is 1. The Balaban J connectivity index is 1.54. The first kappa shape index (κ1) is 26.1. The highest BCUT2D eigenvalue weighted by Gasteiger charge is 2.45. The number of unbranched alkanes of at least 4 members (excludes halogenated alkanes) is 2. The lowest BCUT2D eigenvalue weighted by molar-refractivity contribution is -0.151. The lowest BCUT2D eigenvalue weighted by Crippen LogP contribution is -2.66. The summed E-state index contributed by atoms with van der Waals surface area (Å²) in [5, 5.41) is 20.4. The fraction of sp³-hybridized carbons (Fsp3) is 0.333. The summed E-state index contributed by atoms with van der Waals surface area (Å²) >= 11 is 0. The Labute approximate surface area is 213 Å². The normalized spacial score (nSPS) is 16.7. The van der Waals surface area contributed by atoms with Gasteiger partial charge in [0.15, 0.2) is 5.95 Å². The van der Waals surface area contributed by atoms with Gasteiger partial charge in [-0.3, -0.25) is 4.79 Å². The van der Waals surface area contributed by atoms with Crippen molar-refractivity contribution in [2.45, 2.75) is 48.8 Å². The summed E-state index contributed by atoms with van der Waals surface area (Å²) in [5.74, 6) is -1.69. The standard InChI is InChI=1S/C24H28N6O6S/c31-21(19-11-14-28-36-19)29-24(22(32)33,12-4-1-5-13-25-23-26-15-16-27-23)30-37(34,35)20-10-6-8-17-7-2-3-9-18(17)20/h2-3,6-10,14-16,19,30H,1,4-5,11-13H2,(H,29,31)(H,32,33)(H2,25,26,27). The van der Waals surface area contributed by atoms with Gasteiger partial charge in [0.2, 0.25) is 21.8 Å². The Morgan fingerprint density at radius 1 is 1.14 bits per heavy atom. The van der Waals surface area contributed by atoms with E-state index >= 15 is 0 Å². The van der Waals surface area contributed by atoms with Crippen LogP contribution in [0.25, 0.3) is 10.8 Å². The average molecular weight is 529 g/mol. The Hall–Kier alpha value is -3.97. The van der Waals surface area contributed by atoms with Crippen LogP contribution in [0.2, 0.25) is 0 Å². The fourth-order valence-corrected chi connectivity index (χ4v) is 5.60. The molecule has 2 unspecified atom stereocenters. The third kappa shape index (κ3) is 6.24. The van der Waals surface area contributed by atoms with Crippen molar-refractivity contribution in [2.24, 2.45) is 5.16 Å². The Kier molecular flexibility index (Phi) is 8.04. The molecule has 0 fully saturated rings. The van der Waals surface area contributed by atoms with E-state index in [0.29, 0.717) is 42.5 Å². The number of aromatic nitrogens is 2. The first-order chi connectivity index (χ1) is 17.8. The molecule has 1 amide bonds. The predicted molar refractivity (Wildman–Crippen MR) is 136 cm³/mol. The number of carboxylic acids is 1. The average Bonchev–Trinajstić information content (AvgIpc) is 3.60. The van der Waals surface area contributed by atoms with Crippen molar-refractivity contribution < 1.29 is 28.0 Å². The number of hydrogen-bond acceptors (Lipinski definition) is 8. The number of aliphatic carboxylic acids is 1. The molecule has 2 aromatic carbocycles. The second-order valence-electron chi connectivity index (χ2n) is 8.58. The number of amides is 1. The van der Waals surface area contributed by atoms with Crippen molar-refractivity contribution in [3.05, 3.63) is 54.9 Å². The Morgan fingerprint density at radius 3 is 2.68 bits per heavy atom. The van der Waals surface area contributed by atoms with Crippen LogP contribution in [0.4, 0.5) is 5.95 Å². The summed E-state index contributed by atoms with van der Waals surface area (Å²) in [5.41, 5.74) is -2.30. The molecule has 1 aliphatic heterocycles. The first-order valence-corrected chi connectivity index (χ1v) is 13.3. The molecule has 12 nitrogen and oxygen atoms in total. The maximum atomic E-state index is 13.5. The molecule has 13 heteroatoms. The number of anilines is 1. The monoisotopic (exact) mass is 528 g/mol. The zero-order valence-electron chi connectivity index (χ0n) is 19.9. The second-order valence-corrected chi connectivity index (χ2v) is 10.2. The number of imidazole rings is 1. The van der Waals surface area contributed by atoms with Crippen LogP contribution in [-0.2, 0) is 24.4 Å². The number of fused-ring (bicyclic) bond motifs is 1. The molecule has 5 N–H and O–H groups in total. The van der Waals surface area contributed by atoms with Crippen LogP contribution in [0.3, 0.4) is 0 Å². The van der Waals surface area contributed by atoms with Crippen LogP contribution in [0.15, 0.2) is 64.9 Å². The molecule has 0 spiro atoms. The van der Waals surface area contributed by atoms with Crippen LogP contribution in [0.1, 0.15) is 32.1 Å². The van der Waals surface area contributed by atoms with E-state index < -0.39 is 33.7 Å². The SMILES string of the molecule is O=C(NC(CCCCCNc1ncc[nH]1)(NS(=O)(=O)c1cccc2ccccc12)C(=O)O)C1CC=NO1. The number of benzene rings is 2. The maximum Gasteiger partial charge on any atom is 0.345 e. The van der Waals surface area contributed by atoms with E-state index in [-0.39, 0.29) is 17.7 Å². The van der Waals surface area contributed by atoms with Gasteiger partial charge in [0.05, 0.1) is 4.90 Å². The number of nitrogens with one attached hydrogen (secondary N) is 4. The summed E-state index contributed by atoms with van der Waals surface area (Å²) < 4.78 is 29.4. The highest BCUT2D eigenvalue weighted by atomic mass is 32.2. The van der Waals surface area contributed by atoms with Crippen molar-refractivity contribution in [1.29, 1.82) is 0 Å². The fourth-order valence-electron chi connectivity index (χ4n) is 4.06. The van der Waals surface area contributed by atoms with Crippen LogP contribution >= 0.6 is 0 Å². The van der Waals surface area contributed by atoms with Crippen molar-refractivity contribution in [2.75, 3.05) is 11.9 Å². The third-order valence-corrected chi connectivity index (χ3v) is 7.50. The van der Waals surface area contributed by atoms with Crippen LogP contribution in [0, 0.1) is 0 Å². The van der Waals surface area contributed by atoms with E-state index in [1.807, 2.05) is 0 Å². The molecule has 0 bridgehead atoms. The summed E-state index contributed by atoms with van der Waals surface area (Å²) in [4.78, 5) is 37.3. The van der Waals surface area contributed by atoms with Gasteiger partial charge < -0.3 is 25.6 Å². The number of aromatic amines is 1. The van der Waals surface area contributed by atoms with Crippen LogP contribution in [0.5, 0.6) is 0 Å². The molecule has 1 aromatic heterocycles. The summed E-state index contributed by atoms with van der Waals surface area (Å²) in [7, 11) is -4.38. The number of carboxylic acid groups (broad SMARTS) is 1. The Morgan fingerprint density at radius 2 is 1.95 bits per heavy atom. The van der Waals surface area contributed by atoms with E-state index in [2.05, 4.69) is 30.5 Å². The molecule has 3 aromatic rings. The maximum absolute atomic E-state index is 13.5. The number of hydrogen-bond donors (Lipinski definition) is 5. The van der Waals surface area contributed by atoms with Crippen LogP contribution < -0.4 is 15.4 Å². The van der Waals surface area contributed by atoms with E-state index in [1.54, 1.807) is 48.8 Å². The molecule has 4 rings (SSSR count). The quantitative estimate of drug-likeness (QED) is 0.166. The highest BCUT2D eigenvalue weighted by molar-refractivity contribution is 7.89. The van der Waals surface area contributed by atoms with Gasteiger partial charge in [0.1, 0.15) is 0 Å². The summed E-state index contributed by atoms with van der Waals surface area (Å²) in [6.07, 6.45) is 5.16. The van der Waals surface area contributed by atoms with E-state index in [0.717, 1.165) is 0 Å². The van der Waals surface area contributed by atoms with Crippen molar-refractivity contribution in [3.63, 3.8) is 0 Å². The number of rotatable bonds is 13. The predicted octanol–water partition coefficient (Wildman–Crippen LogP) is 2.19. The van der Waals surface area contributed by atoms with Gasteiger partial charge >= 0.3 is 5.97 Å². The van der Waals surface area contributed by atoms with Gasteiger partial charge in [-0.15, -0.1) is 0 Å². The number of nitrogens with zero attached hydrogens (tertiary/aromatic N) is 2. The van der Waals surface area contributed by atoms with E-state index in [9.17, 15) is 23.1 Å². The van der Waals surface area contributed by atoms with Crippen molar-refractivity contribution in [1.82, 2.24) is 20.0 Å². The zero-order valence-corrected chi connectivity index (χ0v) is 20.7. The lowest BCUT2D eigenvalue weighted by atomic mass is 10.0. The number of carbonyl (C=O) groups is 2. The van der Waals surface area contributed by atoms with E-state index in [4.69, 9.17) is 4.84 Å². The lowest BCUT2D eigenvalue weighted by Gasteiger charge is -2.32. The Bertz CT molecular complexity index is 1360. The van der Waals surface area contributed by atoms with Gasteiger partial charge in [-0.2, -0.15) is 4.72 Å². The van der Waals surface area contributed by atoms with Crippen LogP contribution in [-0.4, -0.2) is 59.9 Å². The minimum atomic E-state index is -4.38. The van der Waals surface area contributed by atoms with Gasteiger partial charge in [-0.25, -0.2) is 18.2 Å². The largest absolute Gasteiger partial charge is 0.478 e. The van der Waals surface area contributed by atoms with Gasteiger partial charge in [-0.1, -0.05) is 48.0 Å². The molecular formula is C24H28N6O6S. The second kappa shape index (κ2) is 11.4. The molecular weight excluding hydrogens is 500 g/mol. The minimum absolute atomic E-state index is 0.0893. The third-order valence-electron chi connectivity index (χ3n) is 5.94.